The zero-order valence-corrected chi connectivity index (χ0v) is 13.0. The van der Waals surface area contributed by atoms with E-state index in [9.17, 15) is 0 Å². The standard InChI is InChI=1S/C14H16ClN3S/c1-7-5-10(11(15)6-8(7)2)12-9(3)13(14(16)19)18(4)17-12/h5-6H,1-4H3,(H2,16,19). The predicted octanol–water partition coefficient (Wildman–Crippen LogP) is 3.30. The minimum atomic E-state index is 0.346. The van der Waals surface area contributed by atoms with Gasteiger partial charge in [0.25, 0.3) is 0 Å². The number of hydrogen-bond acceptors (Lipinski definition) is 2. The van der Waals surface area contributed by atoms with E-state index in [2.05, 4.69) is 18.1 Å². The second kappa shape index (κ2) is 4.94. The Bertz CT molecular complexity index is 674. The van der Waals surface area contributed by atoms with Crippen LogP contribution >= 0.6 is 23.8 Å². The monoisotopic (exact) mass is 293 g/mol. The van der Waals surface area contributed by atoms with Crippen molar-refractivity contribution in [2.45, 2.75) is 20.8 Å². The second-order valence-corrected chi connectivity index (χ2v) is 5.57. The summed E-state index contributed by atoms with van der Waals surface area (Å²) in [5.74, 6) is 0. The summed E-state index contributed by atoms with van der Waals surface area (Å²) in [6.07, 6.45) is 0. The Morgan fingerprint density at radius 3 is 2.37 bits per heavy atom. The summed E-state index contributed by atoms with van der Waals surface area (Å²) in [6.45, 7) is 6.06. The van der Waals surface area contributed by atoms with Gasteiger partial charge in [0.2, 0.25) is 0 Å². The Kier molecular flexibility index (Phi) is 3.65. The predicted molar refractivity (Wildman–Crippen MR) is 83.8 cm³/mol. The summed E-state index contributed by atoms with van der Waals surface area (Å²) < 4.78 is 1.71. The number of aryl methyl sites for hydroxylation is 3. The molecule has 1 heterocycles. The first-order valence-electron chi connectivity index (χ1n) is 5.93. The van der Waals surface area contributed by atoms with Gasteiger partial charge in [0, 0.05) is 18.2 Å². The van der Waals surface area contributed by atoms with Gasteiger partial charge in [-0.3, -0.25) is 4.68 Å². The van der Waals surface area contributed by atoms with E-state index in [-0.39, 0.29) is 0 Å². The molecule has 0 fully saturated rings. The molecule has 100 valence electrons. The van der Waals surface area contributed by atoms with Crippen LogP contribution in [-0.2, 0) is 7.05 Å². The smallest absolute Gasteiger partial charge is 0.122 e. The Hall–Kier alpha value is -1.39. The van der Waals surface area contributed by atoms with Crippen molar-refractivity contribution in [2.75, 3.05) is 0 Å². The van der Waals surface area contributed by atoms with Gasteiger partial charge < -0.3 is 5.73 Å². The average Bonchev–Trinajstić information content (AvgIpc) is 2.59. The van der Waals surface area contributed by atoms with Gasteiger partial charge in [0.05, 0.1) is 16.4 Å². The molecule has 0 aliphatic heterocycles. The molecule has 0 saturated carbocycles. The summed E-state index contributed by atoms with van der Waals surface area (Å²) in [5.41, 5.74) is 11.6. The van der Waals surface area contributed by atoms with E-state index in [0.29, 0.717) is 10.0 Å². The zero-order valence-electron chi connectivity index (χ0n) is 11.4. The molecule has 2 N–H and O–H groups in total. The van der Waals surface area contributed by atoms with Crippen molar-refractivity contribution in [2.24, 2.45) is 12.8 Å². The van der Waals surface area contributed by atoms with Crippen LogP contribution in [0.5, 0.6) is 0 Å². The highest BCUT2D eigenvalue weighted by Gasteiger charge is 2.18. The summed E-state index contributed by atoms with van der Waals surface area (Å²) in [5, 5.41) is 5.19. The average molecular weight is 294 g/mol. The summed E-state index contributed by atoms with van der Waals surface area (Å²) >= 11 is 11.4. The van der Waals surface area contributed by atoms with Gasteiger partial charge in [-0.15, -0.1) is 0 Å². The molecule has 0 aliphatic carbocycles. The number of rotatable bonds is 2. The molecule has 2 rings (SSSR count). The lowest BCUT2D eigenvalue weighted by Crippen LogP contribution is -2.15. The molecule has 1 aromatic heterocycles. The fourth-order valence-corrected chi connectivity index (χ4v) is 2.79. The molecule has 0 amide bonds. The zero-order chi connectivity index (χ0) is 14.3. The highest BCUT2D eigenvalue weighted by molar-refractivity contribution is 7.80. The lowest BCUT2D eigenvalue weighted by Gasteiger charge is -2.07. The topological polar surface area (TPSA) is 43.8 Å². The molecule has 0 radical (unpaired) electrons. The number of halogens is 1. The van der Waals surface area contributed by atoms with E-state index in [0.717, 1.165) is 28.1 Å². The molecule has 0 saturated heterocycles. The molecule has 0 bridgehead atoms. The van der Waals surface area contributed by atoms with Crippen LogP contribution in [0.15, 0.2) is 12.1 Å². The second-order valence-electron chi connectivity index (χ2n) is 4.73. The largest absolute Gasteiger partial charge is 0.388 e. The quantitative estimate of drug-likeness (QED) is 0.864. The molecule has 0 unspecified atom stereocenters. The van der Waals surface area contributed by atoms with Crippen LogP contribution in [0.1, 0.15) is 22.4 Å². The number of benzene rings is 1. The van der Waals surface area contributed by atoms with E-state index in [4.69, 9.17) is 29.6 Å². The van der Waals surface area contributed by atoms with Crippen LogP contribution in [0.25, 0.3) is 11.3 Å². The van der Waals surface area contributed by atoms with E-state index >= 15 is 0 Å². The van der Waals surface area contributed by atoms with Gasteiger partial charge >= 0.3 is 0 Å². The summed E-state index contributed by atoms with van der Waals surface area (Å²) in [6, 6.07) is 4.01. The lowest BCUT2D eigenvalue weighted by molar-refractivity contribution is 0.763. The van der Waals surface area contributed by atoms with Crippen LogP contribution < -0.4 is 5.73 Å². The molecule has 5 heteroatoms. The Morgan fingerprint density at radius 2 is 1.84 bits per heavy atom. The SMILES string of the molecule is Cc1cc(Cl)c(-c2nn(C)c(C(N)=S)c2C)cc1C. The minimum Gasteiger partial charge on any atom is -0.388 e. The van der Waals surface area contributed by atoms with Crippen LogP contribution in [0, 0.1) is 20.8 Å². The van der Waals surface area contributed by atoms with Gasteiger partial charge in [0.15, 0.2) is 0 Å². The molecule has 1 aromatic carbocycles. The number of hydrogen-bond donors (Lipinski definition) is 1. The molecule has 2 aromatic rings. The number of thiocarbonyl (C=S) groups is 1. The van der Waals surface area contributed by atoms with Crippen LogP contribution in [0.3, 0.4) is 0 Å². The van der Waals surface area contributed by atoms with Crippen molar-refractivity contribution in [1.82, 2.24) is 9.78 Å². The number of nitrogens with two attached hydrogens (primary N) is 1. The van der Waals surface area contributed by atoms with Crippen molar-refractivity contribution in [3.05, 3.63) is 39.5 Å². The van der Waals surface area contributed by atoms with Crippen molar-refractivity contribution < 1.29 is 0 Å². The normalized spacial score (nSPS) is 10.8. The maximum Gasteiger partial charge on any atom is 0.122 e. The first-order valence-corrected chi connectivity index (χ1v) is 6.72. The molecule has 19 heavy (non-hydrogen) atoms. The maximum atomic E-state index is 6.34. The van der Waals surface area contributed by atoms with Crippen molar-refractivity contribution in [1.29, 1.82) is 0 Å². The third-order valence-electron chi connectivity index (χ3n) is 3.36. The van der Waals surface area contributed by atoms with Crippen LogP contribution in [0.2, 0.25) is 5.02 Å². The van der Waals surface area contributed by atoms with Gasteiger partial charge in [0.1, 0.15) is 4.99 Å². The summed E-state index contributed by atoms with van der Waals surface area (Å²) in [4.78, 5) is 0.346. The minimum absolute atomic E-state index is 0.346. The Balaban J connectivity index is 2.70. The van der Waals surface area contributed by atoms with Gasteiger partial charge in [-0.2, -0.15) is 5.10 Å². The Labute approximate surface area is 123 Å². The first-order chi connectivity index (χ1) is 8.82. The molecule has 0 aliphatic rings. The number of nitrogens with zero attached hydrogens (tertiary/aromatic N) is 2. The third kappa shape index (κ3) is 2.38. The van der Waals surface area contributed by atoms with Gasteiger partial charge in [-0.1, -0.05) is 23.8 Å². The highest BCUT2D eigenvalue weighted by Crippen LogP contribution is 2.32. The van der Waals surface area contributed by atoms with Crippen molar-refractivity contribution in [3.63, 3.8) is 0 Å². The van der Waals surface area contributed by atoms with E-state index in [1.54, 1.807) is 4.68 Å². The molecular formula is C14H16ClN3S. The summed E-state index contributed by atoms with van der Waals surface area (Å²) in [7, 11) is 1.83. The van der Waals surface area contributed by atoms with E-state index in [1.165, 1.54) is 5.56 Å². The van der Waals surface area contributed by atoms with Crippen molar-refractivity contribution >= 4 is 28.8 Å². The van der Waals surface area contributed by atoms with E-state index in [1.807, 2.05) is 27.0 Å². The lowest BCUT2D eigenvalue weighted by atomic mass is 10.0. The maximum absolute atomic E-state index is 6.34. The molecule has 0 atom stereocenters. The first kappa shape index (κ1) is 14.0. The molecule has 3 nitrogen and oxygen atoms in total. The van der Waals surface area contributed by atoms with E-state index < -0.39 is 0 Å². The van der Waals surface area contributed by atoms with Crippen LogP contribution in [0.4, 0.5) is 0 Å². The van der Waals surface area contributed by atoms with Crippen molar-refractivity contribution in [3.8, 4) is 11.3 Å². The Morgan fingerprint density at radius 1 is 1.26 bits per heavy atom. The van der Waals surface area contributed by atoms with Gasteiger partial charge in [-0.25, -0.2) is 0 Å². The highest BCUT2D eigenvalue weighted by atomic mass is 35.5. The number of aromatic nitrogens is 2. The van der Waals surface area contributed by atoms with Gasteiger partial charge in [-0.05, 0) is 44.0 Å². The van der Waals surface area contributed by atoms with Crippen LogP contribution in [-0.4, -0.2) is 14.8 Å². The molecular weight excluding hydrogens is 278 g/mol. The molecule has 0 spiro atoms. The fourth-order valence-electron chi connectivity index (χ4n) is 2.19. The third-order valence-corrected chi connectivity index (χ3v) is 3.86. The fraction of sp³-hybridized carbons (Fsp3) is 0.286.